The molecule has 0 bridgehead atoms. The quantitative estimate of drug-likeness (QED) is 0.607. The van der Waals surface area contributed by atoms with Gasteiger partial charge in [-0.2, -0.15) is 0 Å². The summed E-state index contributed by atoms with van der Waals surface area (Å²) in [5, 5.41) is 13.0. The highest BCUT2D eigenvalue weighted by Gasteiger charge is 2.20. The van der Waals surface area contributed by atoms with Gasteiger partial charge in [0.2, 0.25) is 0 Å². The second-order valence-corrected chi connectivity index (χ2v) is 4.65. The number of aliphatic hydroxyl groups excluding tert-OH is 1. The molecule has 3 heteroatoms. The lowest BCUT2D eigenvalue weighted by Crippen LogP contribution is -2.30. The Morgan fingerprint density at radius 1 is 1.47 bits per heavy atom. The van der Waals surface area contributed by atoms with Crippen LogP contribution in [-0.2, 0) is 0 Å². The van der Waals surface area contributed by atoms with E-state index in [1.807, 2.05) is 6.08 Å². The second-order valence-electron chi connectivity index (χ2n) is 4.65. The van der Waals surface area contributed by atoms with Gasteiger partial charge in [0.1, 0.15) is 0 Å². The van der Waals surface area contributed by atoms with Gasteiger partial charge in [-0.25, -0.2) is 0 Å². The van der Waals surface area contributed by atoms with Crippen molar-refractivity contribution in [2.45, 2.75) is 32.8 Å². The maximum atomic E-state index is 9.59. The summed E-state index contributed by atoms with van der Waals surface area (Å²) in [5.41, 5.74) is 6.83. The molecule has 0 spiro atoms. The lowest BCUT2D eigenvalue weighted by Gasteiger charge is -2.28. The first-order chi connectivity index (χ1) is 7.15. The minimum atomic E-state index is -0.475. The van der Waals surface area contributed by atoms with E-state index in [2.05, 4.69) is 19.2 Å². The number of rotatable bonds is 4. The average molecular weight is 212 g/mol. The average Bonchev–Trinajstić information content (AvgIpc) is 2.26. The molecule has 0 aromatic heterocycles. The molecule has 1 unspecified atom stereocenters. The van der Waals surface area contributed by atoms with E-state index in [-0.39, 0.29) is 0 Å². The lowest BCUT2D eigenvalue weighted by atomic mass is 9.83. The van der Waals surface area contributed by atoms with Gasteiger partial charge in [-0.15, -0.1) is 0 Å². The SMILES string of the molecule is CC(C)/C(=C\C(O)CN)C1CCNCC1. The third-order valence-electron chi connectivity index (χ3n) is 3.10. The lowest BCUT2D eigenvalue weighted by molar-refractivity contribution is 0.227. The maximum Gasteiger partial charge on any atom is 0.0845 e. The topological polar surface area (TPSA) is 58.3 Å². The monoisotopic (exact) mass is 212 g/mol. The van der Waals surface area contributed by atoms with Crippen molar-refractivity contribution in [1.29, 1.82) is 0 Å². The molecule has 0 saturated carbocycles. The van der Waals surface area contributed by atoms with E-state index < -0.39 is 6.10 Å². The van der Waals surface area contributed by atoms with Gasteiger partial charge in [0, 0.05) is 6.54 Å². The predicted octanol–water partition coefficient (Wildman–Crippen LogP) is 0.888. The molecule has 3 nitrogen and oxygen atoms in total. The molecule has 1 heterocycles. The van der Waals surface area contributed by atoms with Crippen LogP contribution in [0.2, 0.25) is 0 Å². The normalized spacial score (nSPS) is 22.1. The summed E-state index contributed by atoms with van der Waals surface area (Å²) in [4.78, 5) is 0. The molecule has 0 aromatic carbocycles. The van der Waals surface area contributed by atoms with Gasteiger partial charge in [0.05, 0.1) is 6.10 Å². The van der Waals surface area contributed by atoms with E-state index in [4.69, 9.17) is 5.73 Å². The molecule has 1 aliphatic heterocycles. The Kier molecular flexibility index (Phi) is 5.29. The molecule has 88 valence electrons. The van der Waals surface area contributed by atoms with Gasteiger partial charge in [0.15, 0.2) is 0 Å². The summed E-state index contributed by atoms with van der Waals surface area (Å²) in [6.45, 7) is 6.89. The van der Waals surface area contributed by atoms with Gasteiger partial charge < -0.3 is 16.2 Å². The first-order valence-electron chi connectivity index (χ1n) is 5.95. The number of hydrogen-bond donors (Lipinski definition) is 3. The number of piperidine rings is 1. The molecular weight excluding hydrogens is 188 g/mol. The van der Waals surface area contributed by atoms with Crippen LogP contribution >= 0.6 is 0 Å². The van der Waals surface area contributed by atoms with Crippen LogP contribution in [0.1, 0.15) is 26.7 Å². The molecule has 0 aliphatic carbocycles. The summed E-state index contributed by atoms with van der Waals surface area (Å²) < 4.78 is 0. The van der Waals surface area contributed by atoms with Crippen molar-refractivity contribution in [2.75, 3.05) is 19.6 Å². The van der Waals surface area contributed by atoms with Gasteiger partial charge >= 0.3 is 0 Å². The zero-order valence-corrected chi connectivity index (χ0v) is 9.87. The van der Waals surface area contributed by atoms with Crippen molar-refractivity contribution in [3.8, 4) is 0 Å². The molecule has 15 heavy (non-hydrogen) atoms. The molecule has 0 radical (unpaired) electrons. The van der Waals surface area contributed by atoms with Crippen LogP contribution in [0.25, 0.3) is 0 Å². The number of aliphatic hydroxyl groups is 1. The summed E-state index contributed by atoms with van der Waals surface area (Å²) >= 11 is 0. The fourth-order valence-corrected chi connectivity index (χ4v) is 2.25. The Balaban J connectivity index is 2.67. The Bertz CT molecular complexity index is 208. The number of allylic oxidation sites excluding steroid dienone is 1. The highest BCUT2D eigenvalue weighted by atomic mass is 16.3. The third-order valence-corrected chi connectivity index (χ3v) is 3.10. The van der Waals surface area contributed by atoms with Crippen LogP contribution in [0, 0.1) is 11.8 Å². The van der Waals surface area contributed by atoms with Crippen LogP contribution in [0.3, 0.4) is 0 Å². The minimum absolute atomic E-state index is 0.321. The Morgan fingerprint density at radius 2 is 2.07 bits per heavy atom. The summed E-state index contributed by atoms with van der Waals surface area (Å²) in [7, 11) is 0. The first-order valence-corrected chi connectivity index (χ1v) is 5.95. The van der Waals surface area contributed by atoms with E-state index in [1.54, 1.807) is 0 Å². The Morgan fingerprint density at radius 3 is 2.53 bits per heavy atom. The molecule has 0 amide bonds. The third kappa shape index (κ3) is 3.93. The molecule has 1 atom stereocenters. The molecule has 1 fully saturated rings. The van der Waals surface area contributed by atoms with Gasteiger partial charge in [0.25, 0.3) is 0 Å². The standard InChI is InChI=1S/C12H24N2O/c1-9(2)12(7-11(15)8-13)10-3-5-14-6-4-10/h7,9-11,14-15H,3-6,8,13H2,1-2H3/b12-7+. The Hall–Kier alpha value is -0.380. The highest BCUT2D eigenvalue weighted by Crippen LogP contribution is 2.27. The number of nitrogens with two attached hydrogens (primary N) is 1. The van der Waals surface area contributed by atoms with Gasteiger partial charge in [-0.3, -0.25) is 0 Å². The van der Waals surface area contributed by atoms with Crippen molar-refractivity contribution in [3.63, 3.8) is 0 Å². The maximum absolute atomic E-state index is 9.59. The smallest absolute Gasteiger partial charge is 0.0845 e. The van der Waals surface area contributed by atoms with Crippen molar-refractivity contribution < 1.29 is 5.11 Å². The van der Waals surface area contributed by atoms with Crippen LogP contribution in [0.5, 0.6) is 0 Å². The van der Waals surface area contributed by atoms with E-state index in [0.717, 1.165) is 13.1 Å². The van der Waals surface area contributed by atoms with E-state index >= 15 is 0 Å². The van der Waals surface area contributed by atoms with Crippen LogP contribution in [0.4, 0.5) is 0 Å². The van der Waals surface area contributed by atoms with Crippen LogP contribution in [-0.4, -0.2) is 30.8 Å². The summed E-state index contributed by atoms with van der Waals surface area (Å²) in [5.74, 6) is 1.14. The minimum Gasteiger partial charge on any atom is -0.388 e. The van der Waals surface area contributed by atoms with Crippen molar-refractivity contribution in [3.05, 3.63) is 11.6 Å². The zero-order chi connectivity index (χ0) is 11.3. The van der Waals surface area contributed by atoms with Crippen LogP contribution in [0.15, 0.2) is 11.6 Å². The van der Waals surface area contributed by atoms with E-state index in [9.17, 15) is 5.11 Å². The van der Waals surface area contributed by atoms with Gasteiger partial charge in [-0.05, 0) is 37.8 Å². The molecule has 1 rings (SSSR count). The van der Waals surface area contributed by atoms with Crippen molar-refractivity contribution >= 4 is 0 Å². The molecule has 0 aromatic rings. The molecule has 1 saturated heterocycles. The largest absolute Gasteiger partial charge is 0.388 e. The molecule has 4 N–H and O–H groups in total. The fraction of sp³-hybridized carbons (Fsp3) is 0.833. The summed E-state index contributed by atoms with van der Waals surface area (Å²) in [6.07, 6.45) is 3.86. The molecular formula is C12H24N2O. The van der Waals surface area contributed by atoms with E-state index in [0.29, 0.717) is 18.4 Å². The zero-order valence-electron chi connectivity index (χ0n) is 9.87. The fourth-order valence-electron chi connectivity index (χ4n) is 2.25. The summed E-state index contributed by atoms with van der Waals surface area (Å²) in [6, 6.07) is 0. The first kappa shape index (κ1) is 12.7. The second kappa shape index (κ2) is 6.26. The van der Waals surface area contributed by atoms with Gasteiger partial charge in [-0.1, -0.05) is 25.5 Å². The number of nitrogens with one attached hydrogen (secondary N) is 1. The molecule has 1 aliphatic rings. The van der Waals surface area contributed by atoms with Crippen molar-refractivity contribution in [1.82, 2.24) is 5.32 Å². The highest BCUT2D eigenvalue weighted by molar-refractivity contribution is 5.13. The predicted molar refractivity (Wildman–Crippen MR) is 63.6 cm³/mol. The Labute approximate surface area is 92.7 Å². The van der Waals surface area contributed by atoms with E-state index in [1.165, 1.54) is 18.4 Å². The van der Waals surface area contributed by atoms with Crippen molar-refractivity contribution in [2.24, 2.45) is 17.6 Å². The number of hydrogen-bond acceptors (Lipinski definition) is 3. The van der Waals surface area contributed by atoms with Crippen LogP contribution < -0.4 is 11.1 Å².